The lowest BCUT2D eigenvalue weighted by atomic mass is 10.2. The first kappa shape index (κ1) is 19.0. The summed E-state index contributed by atoms with van der Waals surface area (Å²) in [6, 6.07) is 14.5. The average Bonchev–Trinajstić information content (AvgIpc) is 2.59. The van der Waals surface area contributed by atoms with Crippen molar-refractivity contribution in [1.29, 1.82) is 0 Å². The molecule has 0 unspecified atom stereocenters. The van der Waals surface area contributed by atoms with Crippen LogP contribution in [0.1, 0.15) is 12.5 Å². The first-order chi connectivity index (χ1) is 11.9. The third kappa shape index (κ3) is 5.88. The third-order valence-electron chi connectivity index (χ3n) is 3.36. The van der Waals surface area contributed by atoms with Gasteiger partial charge in [-0.3, -0.25) is 4.79 Å². The molecule has 134 valence electrons. The van der Waals surface area contributed by atoms with Gasteiger partial charge in [0.2, 0.25) is 10.0 Å². The van der Waals surface area contributed by atoms with Gasteiger partial charge in [-0.1, -0.05) is 35.9 Å². The number of hydrogen-bond acceptors (Lipinski definition) is 5. The average molecular weight is 363 g/mol. The standard InChI is InChI=1S/C18H21NO5S/c1-14-8-10-17(11-9-14)25(21,22)19-15(2)18(20)24-13-12-23-16-6-4-3-5-7-16/h3-11,15,19H,12-13H2,1-2H3/t15-/m0/s1. The van der Waals surface area contributed by atoms with Crippen molar-refractivity contribution < 1.29 is 22.7 Å². The van der Waals surface area contributed by atoms with Gasteiger partial charge in [-0.05, 0) is 38.1 Å². The lowest BCUT2D eigenvalue weighted by molar-refractivity contribution is -0.145. The number of hydrogen-bond donors (Lipinski definition) is 1. The maximum absolute atomic E-state index is 12.2. The van der Waals surface area contributed by atoms with Crippen molar-refractivity contribution in [3.05, 3.63) is 60.2 Å². The van der Waals surface area contributed by atoms with Crippen LogP contribution >= 0.6 is 0 Å². The summed E-state index contributed by atoms with van der Waals surface area (Å²) in [6.45, 7) is 3.52. The molecule has 2 rings (SSSR count). The Morgan fingerprint density at radius 2 is 1.68 bits per heavy atom. The molecular weight excluding hydrogens is 342 g/mol. The molecule has 1 N–H and O–H groups in total. The van der Waals surface area contributed by atoms with Gasteiger partial charge in [-0.15, -0.1) is 0 Å². The minimum Gasteiger partial charge on any atom is -0.490 e. The van der Waals surface area contributed by atoms with Crippen LogP contribution in [0.15, 0.2) is 59.5 Å². The van der Waals surface area contributed by atoms with E-state index in [9.17, 15) is 13.2 Å². The van der Waals surface area contributed by atoms with Gasteiger partial charge in [-0.2, -0.15) is 4.72 Å². The van der Waals surface area contributed by atoms with Gasteiger partial charge in [0.15, 0.2) is 0 Å². The molecule has 25 heavy (non-hydrogen) atoms. The van der Waals surface area contributed by atoms with Crippen LogP contribution in [-0.2, 0) is 19.6 Å². The molecule has 0 heterocycles. The number of carbonyl (C=O) groups is 1. The van der Waals surface area contributed by atoms with Crippen molar-refractivity contribution in [3.8, 4) is 5.75 Å². The van der Waals surface area contributed by atoms with Gasteiger partial charge < -0.3 is 9.47 Å². The predicted octanol–water partition coefficient (Wildman–Crippen LogP) is 2.28. The molecule has 0 aliphatic heterocycles. The summed E-state index contributed by atoms with van der Waals surface area (Å²) in [7, 11) is -3.78. The summed E-state index contributed by atoms with van der Waals surface area (Å²) >= 11 is 0. The molecule has 0 saturated carbocycles. The fourth-order valence-electron chi connectivity index (χ4n) is 2.01. The summed E-state index contributed by atoms with van der Waals surface area (Å²) < 4.78 is 37.2. The monoisotopic (exact) mass is 363 g/mol. The van der Waals surface area contributed by atoms with Crippen molar-refractivity contribution in [3.63, 3.8) is 0 Å². The smallest absolute Gasteiger partial charge is 0.324 e. The Hall–Kier alpha value is -2.38. The molecule has 0 aromatic heterocycles. The number of benzene rings is 2. The van der Waals surface area contributed by atoms with Crippen LogP contribution in [0.3, 0.4) is 0 Å². The Kier molecular flexibility index (Phi) is 6.55. The quantitative estimate of drug-likeness (QED) is 0.575. The molecule has 2 aromatic rings. The van der Waals surface area contributed by atoms with Crippen molar-refractivity contribution in [2.75, 3.05) is 13.2 Å². The maximum Gasteiger partial charge on any atom is 0.324 e. The summed E-state index contributed by atoms with van der Waals surface area (Å²) in [4.78, 5) is 12.0. The molecule has 0 fully saturated rings. The largest absolute Gasteiger partial charge is 0.490 e. The number of esters is 1. The minimum atomic E-state index is -3.78. The van der Waals surface area contributed by atoms with Crippen LogP contribution in [0.2, 0.25) is 0 Å². The van der Waals surface area contributed by atoms with Gasteiger partial charge in [-0.25, -0.2) is 8.42 Å². The van der Waals surface area contributed by atoms with Crippen LogP contribution in [0.25, 0.3) is 0 Å². The number of para-hydroxylation sites is 1. The number of ether oxygens (including phenoxy) is 2. The SMILES string of the molecule is Cc1ccc(S(=O)(=O)N[C@@H](C)C(=O)OCCOc2ccccc2)cc1. The first-order valence-corrected chi connectivity index (χ1v) is 9.30. The van der Waals surface area contributed by atoms with Gasteiger partial charge >= 0.3 is 5.97 Å². The van der Waals surface area contributed by atoms with E-state index in [1.165, 1.54) is 19.1 Å². The summed E-state index contributed by atoms with van der Waals surface area (Å²) in [5.74, 6) is 0.0130. The van der Waals surface area contributed by atoms with E-state index in [2.05, 4.69) is 4.72 Å². The zero-order valence-electron chi connectivity index (χ0n) is 14.1. The molecule has 0 bridgehead atoms. The van der Waals surface area contributed by atoms with Crippen LogP contribution in [-0.4, -0.2) is 33.6 Å². The van der Waals surface area contributed by atoms with Gasteiger partial charge in [0.25, 0.3) is 0 Å². The highest BCUT2D eigenvalue weighted by Gasteiger charge is 2.22. The highest BCUT2D eigenvalue weighted by atomic mass is 32.2. The fraction of sp³-hybridized carbons (Fsp3) is 0.278. The molecule has 0 aliphatic rings. The van der Waals surface area contributed by atoms with E-state index in [1.807, 2.05) is 25.1 Å². The zero-order chi connectivity index (χ0) is 18.3. The van der Waals surface area contributed by atoms with Crippen LogP contribution in [0.5, 0.6) is 5.75 Å². The van der Waals surface area contributed by atoms with Crippen LogP contribution in [0.4, 0.5) is 0 Å². The van der Waals surface area contributed by atoms with E-state index in [1.54, 1.807) is 24.3 Å². The van der Waals surface area contributed by atoms with E-state index in [0.29, 0.717) is 5.75 Å². The van der Waals surface area contributed by atoms with E-state index in [0.717, 1.165) is 5.56 Å². The Labute approximate surface area is 147 Å². The van der Waals surface area contributed by atoms with Crippen molar-refractivity contribution in [1.82, 2.24) is 4.72 Å². The Morgan fingerprint density at radius 3 is 2.32 bits per heavy atom. The molecule has 0 radical (unpaired) electrons. The highest BCUT2D eigenvalue weighted by molar-refractivity contribution is 7.89. The van der Waals surface area contributed by atoms with Gasteiger partial charge in [0.05, 0.1) is 4.90 Å². The molecule has 0 spiro atoms. The lowest BCUT2D eigenvalue weighted by Gasteiger charge is -2.14. The summed E-state index contributed by atoms with van der Waals surface area (Å²) in [5, 5.41) is 0. The van der Waals surface area contributed by atoms with E-state index in [4.69, 9.17) is 9.47 Å². The lowest BCUT2D eigenvalue weighted by Crippen LogP contribution is -2.39. The number of sulfonamides is 1. The molecule has 0 amide bonds. The zero-order valence-corrected chi connectivity index (χ0v) is 15.0. The normalized spacial score (nSPS) is 12.4. The topological polar surface area (TPSA) is 81.7 Å². The van der Waals surface area contributed by atoms with Gasteiger partial charge in [0, 0.05) is 0 Å². The Balaban J connectivity index is 1.80. The molecule has 6 nitrogen and oxygen atoms in total. The second kappa shape index (κ2) is 8.64. The minimum absolute atomic E-state index is 0.0321. The summed E-state index contributed by atoms with van der Waals surface area (Å²) in [5.41, 5.74) is 0.949. The van der Waals surface area contributed by atoms with Crippen molar-refractivity contribution in [2.24, 2.45) is 0 Å². The Bertz CT molecular complexity index is 788. The molecule has 2 aromatic carbocycles. The third-order valence-corrected chi connectivity index (χ3v) is 4.91. The van der Waals surface area contributed by atoms with Crippen molar-refractivity contribution in [2.45, 2.75) is 24.8 Å². The van der Waals surface area contributed by atoms with Crippen LogP contribution < -0.4 is 9.46 Å². The number of rotatable bonds is 8. The van der Waals surface area contributed by atoms with E-state index >= 15 is 0 Å². The first-order valence-electron chi connectivity index (χ1n) is 7.82. The number of carbonyl (C=O) groups excluding carboxylic acids is 1. The highest BCUT2D eigenvalue weighted by Crippen LogP contribution is 2.11. The second-order valence-electron chi connectivity index (χ2n) is 5.49. The Morgan fingerprint density at radius 1 is 1.04 bits per heavy atom. The second-order valence-corrected chi connectivity index (χ2v) is 7.20. The maximum atomic E-state index is 12.2. The fourth-order valence-corrected chi connectivity index (χ4v) is 3.20. The molecule has 0 saturated heterocycles. The number of aryl methyl sites for hydroxylation is 1. The van der Waals surface area contributed by atoms with E-state index in [-0.39, 0.29) is 18.1 Å². The van der Waals surface area contributed by atoms with Crippen LogP contribution in [0, 0.1) is 6.92 Å². The molecular formula is C18H21NO5S. The predicted molar refractivity (Wildman–Crippen MR) is 93.9 cm³/mol. The summed E-state index contributed by atoms with van der Waals surface area (Å²) in [6.07, 6.45) is 0. The molecule has 7 heteroatoms. The van der Waals surface area contributed by atoms with E-state index < -0.39 is 22.0 Å². The van der Waals surface area contributed by atoms with Crippen molar-refractivity contribution >= 4 is 16.0 Å². The number of nitrogens with one attached hydrogen (secondary N) is 1. The molecule has 1 atom stereocenters. The molecule has 0 aliphatic carbocycles. The van der Waals surface area contributed by atoms with Gasteiger partial charge in [0.1, 0.15) is 25.0 Å².